The molecule has 1 aliphatic rings. The van der Waals surface area contributed by atoms with Gasteiger partial charge in [-0.15, -0.1) is 0 Å². The Morgan fingerprint density at radius 2 is 1.88 bits per heavy atom. The summed E-state index contributed by atoms with van der Waals surface area (Å²) >= 11 is 0. The summed E-state index contributed by atoms with van der Waals surface area (Å²) in [5.41, 5.74) is -1.71. The third-order valence-electron chi connectivity index (χ3n) is 6.10. The number of aromatic nitrogens is 1. The first-order chi connectivity index (χ1) is 18.8. The van der Waals surface area contributed by atoms with E-state index in [0.717, 1.165) is 6.07 Å². The second kappa shape index (κ2) is 11.8. The number of amides is 1. The van der Waals surface area contributed by atoms with Gasteiger partial charge in [-0.05, 0) is 35.9 Å². The lowest BCUT2D eigenvalue weighted by atomic mass is 10.1. The summed E-state index contributed by atoms with van der Waals surface area (Å²) in [6.45, 7) is -3.19. The number of nitrogens with one attached hydrogen (secondary N) is 3. The van der Waals surface area contributed by atoms with Crippen LogP contribution in [0.3, 0.4) is 0 Å². The third kappa shape index (κ3) is 7.27. The first-order valence-electron chi connectivity index (χ1n) is 11.9. The van der Waals surface area contributed by atoms with Crippen LogP contribution in [0.4, 0.5) is 27.6 Å². The van der Waals surface area contributed by atoms with Crippen LogP contribution < -0.4 is 25.4 Å². The highest BCUT2D eigenvalue weighted by molar-refractivity contribution is 7.91. The molecule has 15 heteroatoms. The molecule has 1 amide bonds. The number of fused-ring (bicyclic) bond motifs is 1. The maximum absolute atomic E-state index is 14.0. The number of rotatable bonds is 9. The van der Waals surface area contributed by atoms with Crippen molar-refractivity contribution in [2.24, 2.45) is 0 Å². The fourth-order valence-corrected chi connectivity index (χ4v) is 5.64. The number of carbonyl (C=O) groups excluding carboxylic acids is 1. The fraction of sp³-hybridized carbons (Fsp3) is 0.360. The zero-order chi connectivity index (χ0) is 29.1. The lowest BCUT2D eigenvalue weighted by molar-refractivity contribution is -0.136. The Hall–Kier alpha value is -3.72. The molecule has 0 spiro atoms. The highest BCUT2D eigenvalue weighted by atomic mass is 32.2. The first-order valence-corrected chi connectivity index (χ1v) is 13.8. The van der Waals surface area contributed by atoms with Crippen LogP contribution in [-0.2, 0) is 22.6 Å². The highest BCUT2D eigenvalue weighted by Gasteiger charge is 2.35. The number of nitrogens with zero attached hydrogens (tertiary/aromatic N) is 1. The molecule has 4 rings (SSSR count). The van der Waals surface area contributed by atoms with Crippen LogP contribution in [0, 0.1) is 0 Å². The van der Waals surface area contributed by atoms with Crippen LogP contribution in [0.25, 0.3) is 10.9 Å². The second-order valence-electron chi connectivity index (χ2n) is 8.98. The molecule has 40 heavy (non-hydrogen) atoms. The van der Waals surface area contributed by atoms with Crippen LogP contribution in [0.5, 0.6) is 11.5 Å². The second-order valence-corrected chi connectivity index (χ2v) is 11.2. The summed E-state index contributed by atoms with van der Waals surface area (Å²) in [5, 5.41) is 8.22. The SMILES string of the molecule is COc1ccc(CNc2cc(C(=O)NCC3CS(=O)(=O)CCN3)nc3c(C(F)(F)F)cc(OC(F)F)cc23)cc1. The Morgan fingerprint density at radius 1 is 1.15 bits per heavy atom. The number of methoxy groups -OCH3 is 1. The van der Waals surface area contributed by atoms with Crippen molar-refractivity contribution in [1.82, 2.24) is 15.6 Å². The van der Waals surface area contributed by atoms with Crippen molar-refractivity contribution in [1.29, 1.82) is 0 Å². The molecule has 0 radical (unpaired) electrons. The van der Waals surface area contributed by atoms with Gasteiger partial charge in [-0.1, -0.05) is 12.1 Å². The van der Waals surface area contributed by atoms with Gasteiger partial charge in [0.15, 0.2) is 9.84 Å². The summed E-state index contributed by atoms with van der Waals surface area (Å²) in [6, 6.07) is 8.76. The molecule has 2 aromatic carbocycles. The zero-order valence-electron chi connectivity index (χ0n) is 21.0. The van der Waals surface area contributed by atoms with Crippen LogP contribution >= 0.6 is 0 Å². The Morgan fingerprint density at radius 3 is 2.50 bits per heavy atom. The molecule has 3 aromatic rings. The molecule has 0 saturated carbocycles. The van der Waals surface area contributed by atoms with Crippen LogP contribution in [0.2, 0.25) is 0 Å². The Labute approximate surface area is 226 Å². The maximum Gasteiger partial charge on any atom is 0.418 e. The molecule has 216 valence electrons. The lowest BCUT2D eigenvalue weighted by Crippen LogP contribution is -2.50. The van der Waals surface area contributed by atoms with Gasteiger partial charge in [0.2, 0.25) is 0 Å². The topological polar surface area (TPSA) is 119 Å². The lowest BCUT2D eigenvalue weighted by Gasteiger charge is -2.24. The smallest absolute Gasteiger partial charge is 0.418 e. The van der Waals surface area contributed by atoms with Gasteiger partial charge in [0, 0.05) is 36.7 Å². The van der Waals surface area contributed by atoms with Gasteiger partial charge in [-0.2, -0.15) is 22.0 Å². The van der Waals surface area contributed by atoms with Crippen LogP contribution in [0.15, 0.2) is 42.5 Å². The number of pyridine rings is 1. The van der Waals surface area contributed by atoms with E-state index in [1.54, 1.807) is 24.3 Å². The zero-order valence-corrected chi connectivity index (χ0v) is 21.8. The molecule has 1 aliphatic heterocycles. The number of benzene rings is 2. The van der Waals surface area contributed by atoms with Gasteiger partial charge < -0.3 is 25.4 Å². The Bertz CT molecular complexity index is 1480. The predicted molar refractivity (Wildman–Crippen MR) is 136 cm³/mol. The molecule has 1 saturated heterocycles. The number of sulfone groups is 1. The Kier molecular flexibility index (Phi) is 8.63. The molecular formula is C25H25F5N4O5S. The predicted octanol–water partition coefficient (Wildman–Crippen LogP) is 3.59. The molecule has 0 bridgehead atoms. The molecule has 1 aromatic heterocycles. The van der Waals surface area contributed by atoms with E-state index >= 15 is 0 Å². The number of ether oxygens (including phenoxy) is 2. The molecule has 2 heterocycles. The molecule has 3 N–H and O–H groups in total. The summed E-state index contributed by atoms with van der Waals surface area (Å²) < 4.78 is 101. The van der Waals surface area contributed by atoms with E-state index in [4.69, 9.17) is 4.74 Å². The minimum Gasteiger partial charge on any atom is -0.497 e. The van der Waals surface area contributed by atoms with E-state index in [1.807, 2.05) is 0 Å². The summed E-state index contributed by atoms with van der Waals surface area (Å²) in [7, 11) is -1.80. The summed E-state index contributed by atoms with van der Waals surface area (Å²) in [6.07, 6.45) is -5.02. The van der Waals surface area contributed by atoms with Gasteiger partial charge >= 0.3 is 12.8 Å². The number of anilines is 1. The number of hydrogen-bond acceptors (Lipinski definition) is 8. The monoisotopic (exact) mass is 588 g/mol. The third-order valence-corrected chi connectivity index (χ3v) is 7.84. The van der Waals surface area contributed by atoms with E-state index in [-0.39, 0.29) is 42.2 Å². The average molecular weight is 589 g/mol. The molecule has 1 unspecified atom stereocenters. The van der Waals surface area contributed by atoms with Crippen LogP contribution in [-0.4, -0.2) is 63.7 Å². The van der Waals surface area contributed by atoms with Crippen molar-refractivity contribution in [3.8, 4) is 11.5 Å². The van der Waals surface area contributed by atoms with Gasteiger partial charge in [0.1, 0.15) is 17.2 Å². The normalized spacial score (nSPS) is 17.0. The summed E-state index contributed by atoms with van der Waals surface area (Å²) in [4.78, 5) is 16.9. The van der Waals surface area contributed by atoms with Gasteiger partial charge in [0.25, 0.3) is 5.91 Å². The molecule has 0 aliphatic carbocycles. The molecule has 9 nitrogen and oxygen atoms in total. The number of alkyl halides is 5. The average Bonchev–Trinajstić information content (AvgIpc) is 2.88. The fourth-order valence-electron chi connectivity index (χ4n) is 4.20. The minimum absolute atomic E-state index is 0.00885. The minimum atomic E-state index is -5.02. The number of hydrogen-bond donors (Lipinski definition) is 3. The maximum atomic E-state index is 14.0. The van der Waals surface area contributed by atoms with Crippen molar-refractivity contribution in [2.45, 2.75) is 25.4 Å². The van der Waals surface area contributed by atoms with E-state index in [1.165, 1.54) is 13.2 Å². The number of carbonyl (C=O) groups is 1. The molecule has 1 atom stereocenters. The quantitative estimate of drug-likeness (QED) is 0.325. The van der Waals surface area contributed by atoms with Gasteiger partial charge in [0.05, 0.1) is 29.7 Å². The highest BCUT2D eigenvalue weighted by Crippen LogP contribution is 2.40. The molecular weight excluding hydrogens is 563 g/mol. The van der Waals surface area contributed by atoms with Crippen molar-refractivity contribution in [3.05, 3.63) is 59.3 Å². The van der Waals surface area contributed by atoms with E-state index < -0.39 is 57.1 Å². The van der Waals surface area contributed by atoms with Crippen molar-refractivity contribution in [3.63, 3.8) is 0 Å². The molecule has 1 fully saturated rings. The van der Waals surface area contributed by atoms with Crippen molar-refractivity contribution in [2.75, 3.05) is 37.0 Å². The van der Waals surface area contributed by atoms with E-state index in [9.17, 15) is 35.2 Å². The number of halogens is 5. The van der Waals surface area contributed by atoms with E-state index in [2.05, 4.69) is 25.7 Å². The van der Waals surface area contributed by atoms with Gasteiger partial charge in [-0.25, -0.2) is 13.4 Å². The van der Waals surface area contributed by atoms with E-state index in [0.29, 0.717) is 17.4 Å². The standard InChI is InChI=1S/C25H25F5N4O5S/c1-38-16-4-2-14(3-5-16)11-32-20-10-21(23(35)33-12-15-13-40(36,37)7-6-31-15)34-22-18(20)8-17(39-24(26)27)9-19(22)25(28,29)30/h2-5,8-10,15,24,31H,6-7,11-13H2,1H3,(H,32,34)(H,33,35). The van der Waals surface area contributed by atoms with Gasteiger partial charge in [-0.3, -0.25) is 4.79 Å². The van der Waals surface area contributed by atoms with Crippen LogP contribution in [0.1, 0.15) is 21.6 Å². The largest absolute Gasteiger partial charge is 0.497 e. The Balaban J connectivity index is 1.72. The summed E-state index contributed by atoms with van der Waals surface area (Å²) in [5.74, 6) is -1.24. The van der Waals surface area contributed by atoms with Crippen molar-refractivity contribution < 1.29 is 44.6 Å². The van der Waals surface area contributed by atoms with Crippen molar-refractivity contribution >= 4 is 32.3 Å². The first kappa shape index (κ1) is 29.3.